The van der Waals surface area contributed by atoms with Crippen molar-refractivity contribution in [3.8, 4) is 6.07 Å². The highest BCUT2D eigenvalue weighted by Crippen LogP contribution is 2.57. The van der Waals surface area contributed by atoms with Crippen molar-refractivity contribution in [3.63, 3.8) is 0 Å². The van der Waals surface area contributed by atoms with Gasteiger partial charge in [-0.05, 0) is 53.9 Å². The van der Waals surface area contributed by atoms with Crippen LogP contribution in [0.15, 0.2) is 60.3 Å². The van der Waals surface area contributed by atoms with Gasteiger partial charge >= 0.3 is 13.4 Å². The van der Waals surface area contributed by atoms with Gasteiger partial charge in [0.2, 0.25) is 0 Å². The van der Waals surface area contributed by atoms with Crippen LogP contribution >= 0.6 is 13.4 Å². The van der Waals surface area contributed by atoms with E-state index in [-0.39, 0.29) is 46.1 Å². The van der Waals surface area contributed by atoms with Crippen LogP contribution in [0, 0.1) is 17.1 Å². The molecule has 0 aliphatic carbocycles. The third-order valence-electron chi connectivity index (χ3n) is 11.3. The van der Waals surface area contributed by atoms with Crippen molar-refractivity contribution in [1.82, 2.24) is 34.1 Å². The topological polar surface area (TPSA) is 261 Å². The van der Waals surface area contributed by atoms with Crippen molar-refractivity contribution in [2.75, 3.05) is 25.1 Å². The Morgan fingerprint density at radius 2 is 1.78 bits per heavy atom. The number of halogens is 1. The van der Waals surface area contributed by atoms with E-state index in [2.05, 4.69) is 30.2 Å². The van der Waals surface area contributed by atoms with Gasteiger partial charge in [0.05, 0.1) is 45.0 Å². The van der Waals surface area contributed by atoms with Crippen LogP contribution in [0.3, 0.4) is 0 Å². The van der Waals surface area contributed by atoms with Crippen molar-refractivity contribution < 1.29 is 55.7 Å². The third kappa shape index (κ3) is 9.28. The van der Waals surface area contributed by atoms with Crippen molar-refractivity contribution in [2.24, 2.45) is 0 Å². The SMILES string of the molecule is CC(C)(C)[Si](C)(C)OC1[C@H](n2cc(F)c3c(=O)[nH]cnc32)O[C@@H]2COP(=S)(OCCC#N)O[C@@H]3[C@H](O)[C@@H](COP(O)(=S)O[C@@H]12)O[C@H]3n1cnc2c(NC(=O)c3ccccc3)ncnc21. The predicted molar refractivity (Wildman–Crippen MR) is 235 cm³/mol. The second-order valence-corrected chi connectivity index (χ2v) is 27.0. The molecular weight excluding hydrogens is 936 g/mol. The number of carbonyl (C=O) groups is 1. The van der Waals surface area contributed by atoms with Gasteiger partial charge in [0.25, 0.3) is 11.5 Å². The summed E-state index contributed by atoms with van der Waals surface area (Å²) in [5, 5.41) is 23.3. The van der Waals surface area contributed by atoms with Gasteiger partial charge in [-0.2, -0.15) is 5.26 Å². The minimum absolute atomic E-state index is 0.0606. The Hall–Kier alpha value is -3.80. The molecule has 1 aromatic carbocycles. The molecule has 3 aliphatic heterocycles. The smallest absolute Gasteiger partial charge is 0.327 e. The van der Waals surface area contributed by atoms with Crippen LogP contribution in [0.4, 0.5) is 10.2 Å². The molecule has 7 heterocycles. The molecule has 4 N–H and O–H groups in total. The summed E-state index contributed by atoms with van der Waals surface area (Å²) in [6, 6.07) is 10.5. The Balaban J connectivity index is 1.16. The molecule has 3 fully saturated rings. The predicted octanol–water partition coefficient (Wildman–Crippen LogP) is 4.69. The summed E-state index contributed by atoms with van der Waals surface area (Å²) in [7, 11) is -2.79. The highest BCUT2D eigenvalue weighted by atomic mass is 32.5. The normalized spacial score (nSPS) is 30.3. The number of nitriles is 1. The molecule has 21 nitrogen and oxygen atoms in total. The number of benzene rings is 1. The maximum Gasteiger partial charge on any atom is 0.327 e. The average molecular weight is 980 g/mol. The summed E-state index contributed by atoms with van der Waals surface area (Å²) in [4.78, 5) is 57.3. The van der Waals surface area contributed by atoms with Gasteiger partial charge in [0, 0.05) is 11.8 Å². The van der Waals surface area contributed by atoms with Crippen LogP contribution in [0.5, 0.6) is 0 Å². The second-order valence-electron chi connectivity index (χ2n) is 16.5. The van der Waals surface area contributed by atoms with Crippen LogP contribution in [0.2, 0.25) is 18.1 Å². The molecule has 3 aliphatic rings. The monoisotopic (exact) mass is 979 g/mol. The van der Waals surface area contributed by atoms with Crippen LogP contribution in [-0.4, -0.2) is 115 Å². The van der Waals surface area contributed by atoms with Gasteiger partial charge in [-0.15, -0.1) is 0 Å². The highest BCUT2D eigenvalue weighted by molar-refractivity contribution is 8.07. The lowest BCUT2D eigenvalue weighted by Gasteiger charge is -2.41. The van der Waals surface area contributed by atoms with Gasteiger partial charge in [-0.3, -0.25) is 23.2 Å². The van der Waals surface area contributed by atoms with Gasteiger partial charge in [0.1, 0.15) is 48.3 Å². The van der Waals surface area contributed by atoms with Crippen molar-refractivity contribution in [2.45, 2.75) is 94.4 Å². The largest absolute Gasteiger partial charge is 0.407 e. The van der Waals surface area contributed by atoms with E-state index in [0.717, 1.165) is 12.5 Å². The molecule has 2 bridgehead atoms. The lowest BCUT2D eigenvalue weighted by molar-refractivity contribution is -0.0619. The summed E-state index contributed by atoms with van der Waals surface area (Å²) in [6.07, 6.45) is -5.82. The number of amides is 1. The first kappa shape index (κ1) is 46.7. The molecular formula is C37H44FN9O12P2S2Si. The number of aromatic nitrogens is 7. The fourth-order valence-corrected chi connectivity index (χ4v) is 11.9. The van der Waals surface area contributed by atoms with E-state index in [4.69, 9.17) is 60.1 Å². The number of carbonyl (C=O) groups excluding carboxylic acids is 1. The summed E-state index contributed by atoms with van der Waals surface area (Å²) < 4.78 is 69.1. The van der Waals surface area contributed by atoms with Crippen LogP contribution < -0.4 is 10.9 Å². The second kappa shape index (κ2) is 18.1. The zero-order valence-electron chi connectivity index (χ0n) is 34.8. The van der Waals surface area contributed by atoms with E-state index in [0.29, 0.717) is 5.56 Å². The van der Waals surface area contributed by atoms with Crippen molar-refractivity contribution in [3.05, 3.63) is 77.2 Å². The number of fused-ring (bicyclic) bond motifs is 5. The standard InChI is InChI=1S/C37H44FN9O12P2S2Si/c1-37(2,3)64(4,5)59-29-27-23(56-36(29)46-14-21(38)24-31(46)41-18-43-34(24)50)16-54-61(63,52-13-9-12-39)58-28-26(48)22(15-53-60(51,62)57-27)55-35(28)47-19-44-25-30(40-17-42-32(25)47)45-33(49)20-10-7-6-8-11-20/h6-8,10-11,14,17-19,22-23,26-29,35-36,48H,9,13,15-16H2,1-5H3,(H,51,62)(H,41,43,50)(H,40,42,45,49)/t22-,23-,26-,27-,28-,29?,35-,36-,60?,61?/m1/s1. The van der Waals surface area contributed by atoms with Crippen molar-refractivity contribution >= 4 is 79.3 Å². The molecule has 5 aromatic rings. The minimum atomic E-state index is -4.33. The first-order chi connectivity index (χ1) is 30.3. The third-order valence-corrected chi connectivity index (χ3v) is 19.7. The highest BCUT2D eigenvalue weighted by Gasteiger charge is 2.56. The maximum atomic E-state index is 15.5. The molecule has 0 saturated carbocycles. The van der Waals surface area contributed by atoms with Crippen LogP contribution in [0.1, 0.15) is 50.0 Å². The summed E-state index contributed by atoms with van der Waals surface area (Å²) in [5.41, 5.74) is -0.0801. The first-order valence-electron chi connectivity index (χ1n) is 19.8. The number of nitrogens with one attached hydrogen (secondary N) is 2. The Labute approximate surface area is 375 Å². The Bertz CT molecular complexity index is 2760. The number of imidazole rings is 1. The number of rotatable bonds is 9. The fourth-order valence-electron chi connectivity index (χ4n) is 7.14. The molecule has 64 heavy (non-hydrogen) atoms. The van der Waals surface area contributed by atoms with E-state index in [1.807, 2.05) is 39.9 Å². The molecule has 27 heteroatoms. The Morgan fingerprint density at radius 1 is 1.05 bits per heavy atom. The molecule has 8 rings (SSSR count). The molecule has 3 unspecified atom stereocenters. The van der Waals surface area contributed by atoms with Gasteiger partial charge < -0.3 is 52.3 Å². The Morgan fingerprint density at radius 3 is 2.52 bits per heavy atom. The summed E-state index contributed by atoms with van der Waals surface area (Å²) >= 11 is 11.5. The summed E-state index contributed by atoms with van der Waals surface area (Å²) in [5.74, 6) is -1.24. The summed E-state index contributed by atoms with van der Waals surface area (Å²) in [6.45, 7) is 0.298. The number of nitrogens with zero attached hydrogens (tertiary/aromatic N) is 7. The number of aliphatic hydroxyl groups is 1. The number of hydrogen-bond acceptors (Lipinski definition) is 18. The first-order valence-corrected chi connectivity index (χ1v) is 27.9. The minimum Gasteiger partial charge on any atom is -0.407 e. The maximum absolute atomic E-state index is 15.5. The molecule has 1 amide bonds. The number of anilines is 1. The van der Waals surface area contributed by atoms with E-state index in [1.165, 1.54) is 21.8 Å². The quantitative estimate of drug-likeness (QED) is 0.0887. The number of hydrogen-bond donors (Lipinski definition) is 4. The van der Waals surface area contributed by atoms with Gasteiger partial charge in [-0.25, -0.2) is 24.3 Å². The van der Waals surface area contributed by atoms with Gasteiger partial charge in [0.15, 0.2) is 49.2 Å². The van der Waals surface area contributed by atoms with E-state index in [1.54, 1.807) is 30.3 Å². The van der Waals surface area contributed by atoms with E-state index in [9.17, 15) is 24.9 Å². The molecule has 0 spiro atoms. The van der Waals surface area contributed by atoms with E-state index < -0.39 is 101 Å². The number of aliphatic hydroxyl groups excluding tert-OH is 1. The van der Waals surface area contributed by atoms with Crippen LogP contribution in [0.25, 0.3) is 22.2 Å². The van der Waals surface area contributed by atoms with Crippen LogP contribution in [-0.2, 0) is 60.1 Å². The lowest BCUT2D eigenvalue weighted by atomic mass is 10.1. The molecule has 342 valence electrons. The number of ether oxygens (including phenoxy) is 2. The van der Waals surface area contributed by atoms with E-state index >= 15 is 4.39 Å². The lowest BCUT2D eigenvalue weighted by Crippen LogP contribution is -2.49. The molecule has 3 saturated heterocycles. The molecule has 10 atom stereocenters. The van der Waals surface area contributed by atoms with Crippen molar-refractivity contribution in [1.29, 1.82) is 5.26 Å². The fraction of sp³-hybridized carbons (Fsp3) is 0.486. The zero-order chi connectivity index (χ0) is 45.8. The molecule has 4 aromatic heterocycles. The number of H-pyrrole nitrogens is 1. The average Bonchev–Trinajstić information content (AvgIpc) is 3.99. The Kier molecular flexibility index (Phi) is 13.2. The molecule has 0 radical (unpaired) electrons. The number of aromatic amines is 1. The van der Waals surface area contributed by atoms with Gasteiger partial charge in [-0.1, -0.05) is 39.0 Å². The zero-order valence-corrected chi connectivity index (χ0v) is 39.3.